The molecule has 3 aliphatic carbocycles. The zero-order valence-corrected chi connectivity index (χ0v) is 22.5. The minimum absolute atomic E-state index is 0.165. The molecule has 0 aliphatic heterocycles. The number of hydrogen-bond donors (Lipinski definition) is 0. The lowest BCUT2D eigenvalue weighted by atomic mass is 9.65. The smallest absolute Gasteiger partial charge is 0.175 e. The van der Waals surface area contributed by atoms with Gasteiger partial charge in [0.05, 0.1) is 16.2 Å². The van der Waals surface area contributed by atoms with Crippen molar-refractivity contribution in [2.75, 3.05) is 0 Å². The van der Waals surface area contributed by atoms with Crippen molar-refractivity contribution < 1.29 is 14.4 Å². The molecule has 3 nitrogen and oxygen atoms in total. The normalized spacial score (nSPS) is 27.8. The van der Waals surface area contributed by atoms with E-state index in [9.17, 15) is 0 Å². The summed E-state index contributed by atoms with van der Waals surface area (Å²) in [6.45, 7) is 2.08. The number of ketones is 3. The first-order valence-electron chi connectivity index (χ1n) is 14.0. The summed E-state index contributed by atoms with van der Waals surface area (Å²) in [6.07, 6.45) is 0. The molecule has 2 unspecified atom stereocenters. The van der Waals surface area contributed by atoms with Crippen LogP contribution in [0.25, 0.3) is 0 Å². The molecular weight excluding hydrogens is 504 g/mol. The number of hydrogen-bond acceptors (Lipinski definition) is 3. The summed E-state index contributed by atoms with van der Waals surface area (Å²) in [5.74, 6) is -0.531. The van der Waals surface area contributed by atoms with Crippen LogP contribution in [0.5, 0.6) is 0 Å². The van der Waals surface area contributed by atoms with Gasteiger partial charge in [0.25, 0.3) is 0 Å². The summed E-state index contributed by atoms with van der Waals surface area (Å²) in [7, 11) is 0. The Morgan fingerprint density at radius 3 is 1.05 bits per heavy atom. The second kappa shape index (κ2) is 7.86. The first-order valence-corrected chi connectivity index (χ1v) is 14.0. The van der Waals surface area contributed by atoms with Crippen molar-refractivity contribution >= 4 is 17.3 Å². The number of rotatable bonds is 6. The topological polar surface area (TPSA) is 51.2 Å². The molecule has 0 radical (unpaired) electrons. The van der Waals surface area contributed by atoms with Crippen LogP contribution in [0, 0.1) is 5.41 Å². The first kappa shape index (κ1) is 24.0. The van der Waals surface area contributed by atoms with Crippen LogP contribution in [0.15, 0.2) is 140 Å². The SMILES string of the molecule is CC12c3ccccc3C3(C(=O)c4ccccc4)C(C(=O)c4ccccc4)(c4ccccc41)C23C(=O)c1ccccc1. The first-order chi connectivity index (χ1) is 20.0. The number of carbonyl (C=O) groups is 3. The van der Waals surface area contributed by atoms with Crippen molar-refractivity contribution in [3.05, 3.63) is 178 Å². The summed E-state index contributed by atoms with van der Waals surface area (Å²) in [4.78, 5) is 46.0. The predicted octanol–water partition coefficient (Wildman–Crippen LogP) is 7.14. The molecule has 0 heterocycles. The van der Waals surface area contributed by atoms with Crippen LogP contribution in [0.3, 0.4) is 0 Å². The van der Waals surface area contributed by atoms with Crippen LogP contribution in [-0.2, 0) is 16.2 Å². The Balaban J connectivity index is 1.59. The third-order valence-corrected chi connectivity index (χ3v) is 10.2. The van der Waals surface area contributed by atoms with Gasteiger partial charge in [-0.1, -0.05) is 146 Å². The molecule has 41 heavy (non-hydrogen) atoms. The Morgan fingerprint density at radius 1 is 0.390 bits per heavy atom. The van der Waals surface area contributed by atoms with Crippen LogP contribution < -0.4 is 0 Å². The Kier molecular flexibility index (Phi) is 4.59. The summed E-state index contributed by atoms with van der Waals surface area (Å²) in [5.41, 5.74) is -0.192. The quantitative estimate of drug-likeness (QED) is 0.219. The molecule has 8 rings (SSSR count). The fourth-order valence-electron chi connectivity index (χ4n) is 9.07. The molecule has 0 saturated heterocycles. The highest BCUT2D eigenvalue weighted by Crippen LogP contribution is 2.94. The molecule has 5 aromatic carbocycles. The zero-order chi connectivity index (χ0) is 28.0. The van der Waals surface area contributed by atoms with Crippen molar-refractivity contribution in [3.63, 3.8) is 0 Å². The van der Waals surface area contributed by atoms with Crippen molar-refractivity contribution in [1.82, 2.24) is 0 Å². The average Bonchev–Trinajstić information content (AvgIpc) is 3.51. The van der Waals surface area contributed by atoms with E-state index in [0.717, 1.165) is 22.3 Å². The number of carbonyl (C=O) groups excluding carboxylic acids is 3. The van der Waals surface area contributed by atoms with E-state index >= 15 is 14.4 Å². The third-order valence-electron chi connectivity index (χ3n) is 10.2. The van der Waals surface area contributed by atoms with E-state index in [1.165, 1.54) is 0 Å². The highest BCUT2D eigenvalue weighted by molar-refractivity contribution is 6.32. The number of fused-ring (bicyclic) bond motifs is 7. The minimum atomic E-state index is -1.42. The Morgan fingerprint density at radius 2 is 0.683 bits per heavy atom. The van der Waals surface area contributed by atoms with Gasteiger partial charge in [0.1, 0.15) is 0 Å². The van der Waals surface area contributed by atoms with Crippen molar-refractivity contribution in [1.29, 1.82) is 0 Å². The number of Topliss-reactive ketones (excluding diaryl/α,β-unsaturated/α-hetero) is 3. The molecule has 1 saturated carbocycles. The Hall–Kier alpha value is -4.89. The standard InChI is InChI=1S/C38H26O3/c1-35-28-21-11-13-23-30(28)36(32(39)25-15-5-2-6-16-25)37(31-24-14-12-22-29(31)35,33(40)26-17-7-3-8-18-26)38(35,36)34(41)27-19-9-4-10-20-27/h2-24H,1H3. The monoisotopic (exact) mass is 530 g/mol. The van der Waals surface area contributed by atoms with Gasteiger partial charge in [0.2, 0.25) is 0 Å². The minimum Gasteiger partial charge on any atom is -0.293 e. The van der Waals surface area contributed by atoms with Gasteiger partial charge in [-0.25, -0.2) is 0 Å². The molecule has 2 atom stereocenters. The van der Waals surface area contributed by atoms with Gasteiger partial charge in [0, 0.05) is 22.1 Å². The molecular formula is C38H26O3. The number of benzene rings is 5. The highest BCUT2D eigenvalue weighted by Gasteiger charge is 3.05. The van der Waals surface area contributed by atoms with E-state index in [1.807, 2.05) is 115 Å². The van der Waals surface area contributed by atoms with E-state index in [-0.39, 0.29) is 17.3 Å². The van der Waals surface area contributed by atoms with Crippen molar-refractivity contribution in [3.8, 4) is 0 Å². The van der Waals surface area contributed by atoms with Gasteiger partial charge in [0.15, 0.2) is 17.3 Å². The molecule has 0 bridgehead atoms. The molecule has 0 aromatic heterocycles. The van der Waals surface area contributed by atoms with Gasteiger partial charge in [-0.15, -0.1) is 0 Å². The molecule has 1 fully saturated rings. The third kappa shape index (κ3) is 2.31. The molecule has 0 N–H and O–H groups in total. The average molecular weight is 531 g/mol. The summed E-state index contributed by atoms with van der Waals surface area (Å²) in [5, 5.41) is 0. The maximum Gasteiger partial charge on any atom is 0.175 e. The lowest BCUT2D eigenvalue weighted by Gasteiger charge is -2.34. The lowest BCUT2D eigenvalue weighted by molar-refractivity contribution is 0.0764. The fourth-order valence-corrected chi connectivity index (χ4v) is 9.07. The predicted molar refractivity (Wildman–Crippen MR) is 157 cm³/mol. The summed E-state index contributed by atoms with van der Waals surface area (Å²) < 4.78 is 0. The molecule has 3 heteroatoms. The molecule has 196 valence electrons. The van der Waals surface area contributed by atoms with Gasteiger partial charge >= 0.3 is 0 Å². The highest BCUT2D eigenvalue weighted by atomic mass is 16.2. The summed E-state index contributed by atoms with van der Waals surface area (Å²) in [6, 6.07) is 43.3. The largest absolute Gasteiger partial charge is 0.293 e. The van der Waals surface area contributed by atoms with Crippen molar-refractivity contribution in [2.24, 2.45) is 5.41 Å². The fraction of sp³-hybridized carbons (Fsp3) is 0.132. The molecule has 5 aromatic rings. The van der Waals surface area contributed by atoms with Crippen LogP contribution in [0.2, 0.25) is 0 Å². The van der Waals surface area contributed by atoms with Gasteiger partial charge in [-0.3, -0.25) is 14.4 Å². The van der Waals surface area contributed by atoms with E-state index in [4.69, 9.17) is 0 Å². The van der Waals surface area contributed by atoms with Crippen LogP contribution in [0.1, 0.15) is 60.3 Å². The van der Waals surface area contributed by atoms with Crippen LogP contribution in [0.4, 0.5) is 0 Å². The van der Waals surface area contributed by atoms with E-state index in [1.54, 1.807) is 24.3 Å². The Bertz CT molecular complexity index is 1800. The van der Waals surface area contributed by atoms with Gasteiger partial charge in [-0.2, -0.15) is 0 Å². The van der Waals surface area contributed by atoms with Crippen LogP contribution in [-0.4, -0.2) is 17.3 Å². The second-order valence-electron chi connectivity index (χ2n) is 11.6. The van der Waals surface area contributed by atoms with E-state index < -0.39 is 21.7 Å². The molecule has 0 amide bonds. The van der Waals surface area contributed by atoms with Crippen molar-refractivity contribution in [2.45, 2.75) is 23.2 Å². The Labute approximate surface area is 238 Å². The van der Waals surface area contributed by atoms with Gasteiger partial charge in [-0.05, 0) is 22.3 Å². The van der Waals surface area contributed by atoms with E-state index in [0.29, 0.717) is 16.7 Å². The van der Waals surface area contributed by atoms with E-state index in [2.05, 4.69) is 6.92 Å². The zero-order valence-electron chi connectivity index (χ0n) is 22.5. The maximum absolute atomic E-state index is 15.4. The molecule has 0 spiro atoms. The maximum atomic E-state index is 15.4. The second-order valence-corrected chi connectivity index (χ2v) is 11.6. The van der Waals surface area contributed by atoms with Gasteiger partial charge < -0.3 is 0 Å². The van der Waals surface area contributed by atoms with Crippen LogP contribution >= 0.6 is 0 Å². The molecule has 3 aliphatic rings. The summed E-state index contributed by atoms with van der Waals surface area (Å²) >= 11 is 0. The lowest BCUT2D eigenvalue weighted by Crippen LogP contribution is -2.42.